The van der Waals surface area contributed by atoms with E-state index in [1.807, 2.05) is 0 Å². The van der Waals surface area contributed by atoms with Gasteiger partial charge in [0.2, 0.25) is 0 Å². The molecule has 0 heterocycles. The van der Waals surface area contributed by atoms with Gasteiger partial charge in [0.1, 0.15) is 0 Å². The topological polar surface area (TPSA) is 69.4 Å². The Morgan fingerprint density at radius 1 is 1.15 bits per heavy atom. The number of hydrogen-bond acceptors (Lipinski definition) is 4. The summed E-state index contributed by atoms with van der Waals surface area (Å²) in [5.74, 6) is -0.436. The average Bonchev–Trinajstić information content (AvgIpc) is 2.11. The maximum absolute atomic E-state index is 10.7. The summed E-state index contributed by atoms with van der Waals surface area (Å²) in [5.41, 5.74) is 5.32. The van der Waals surface area contributed by atoms with Crippen LogP contribution in [0.2, 0.25) is 0 Å². The first kappa shape index (κ1) is 12.1. The predicted molar refractivity (Wildman–Crippen MR) is 48.9 cm³/mol. The van der Waals surface area contributed by atoms with Crippen LogP contribution in [0.15, 0.2) is 0 Å². The fourth-order valence-electron chi connectivity index (χ4n) is 1.06. The number of hydrogen-bond donors (Lipinski definition) is 1. The summed E-state index contributed by atoms with van der Waals surface area (Å²) in [6.45, 7) is 0.907. The van der Waals surface area contributed by atoms with Crippen molar-refractivity contribution in [3.05, 3.63) is 0 Å². The molecule has 0 unspecified atom stereocenters. The molecule has 0 saturated heterocycles. The molecule has 0 amide bonds. The van der Waals surface area contributed by atoms with E-state index < -0.39 is 5.97 Å². The van der Waals surface area contributed by atoms with E-state index in [1.165, 1.54) is 0 Å². The molecular formula is C9H17NO3. The number of ether oxygens (including phenoxy) is 1. The molecule has 0 atom stereocenters. The van der Waals surface area contributed by atoms with Gasteiger partial charge >= 0.3 is 12.4 Å². The monoisotopic (exact) mass is 187 g/mol. The number of esters is 1. The van der Waals surface area contributed by atoms with E-state index in [9.17, 15) is 9.59 Å². The lowest BCUT2D eigenvalue weighted by atomic mass is 10.1. The lowest BCUT2D eigenvalue weighted by Crippen LogP contribution is -2.02. The van der Waals surface area contributed by atoms with Crippen molar-refractivity contribution in [3.8, 4) is 0 Å². The predicted octanol–water partition coefficient (Wildman–Crippen LogP) is 0.985. The molecule has 0 radical (unpaired) electrons. The van der Waals surface area contributed by atoms with Crippen molar-refractivity contribution in [1.29, 1.82) is 0 Å². The van der Waals surface area contributed by atoms with E-state index in [1.54, 1.807) is 0 Å². The van der Waals surface area contributed by atoms with Crippen molar-refractivity contribution in [1.82, 2.24) is 0 Å². The van der Waals surface area contributed by atoms with Crippen molar-refractivity contribution in [2.45, 2.75) is 38.5 Å². The molecule has 13 heavy (non-hydrogen) atoms. The summed E-state index contributed by atoms with van der Waals surface area (Å²) in [4.78, 5) is 20.4. The molecule has 0 aliphatic carbocycles. The van der Waals surface area contributed by atoms with Gasteiger partial charge in [-0.1, -0.05) is 19.3 Å². The van der Waals surface area contributed by atoms with Crippen LogP contribution in [0.1, 0.15) is 38.5 Å². The average molecular weight is 187 g/mol. The molecule has 0 aromatic rings. The summed E-state index contributed by atoms with van der Waals surface area (Å²) in [6.07, 6.45) is 5.36. The summed E-state index contributed by atoms with van der Waals surface area (Å²) in [6, 6.07) is 0. The number of carbonyl (C=O) groups is 2. The van der Waals surface area contributed by atoms with Gasteiger partial charge in [0.25, 0.3) is 0 Å². The van der Waals surface area contributed by atoms with Crippen molar-refractivity contribution >= 4 is 12.4 Å². The van der Waals surface area contributed by atoms with Crippen molar-refractivity contribution in [2.75, 3.05) is 6.54 Å². The minimum Gasteiger partial charge on any atom is -0.395 e. The molecule has 0 aromatic heterocycles. The van der Waals surface area contributed by atoms with Crippen molar-refractivity contribution in [3.63, 3.8) is 0 Å². The maximum atomic E-state index is 10.7. The van der Waals surface area contributed by atoms with E-state index in [0.717, 1.165) is 38.6 Å². The molecule has 2 N–H and O–H groups in total. The van der Waals surface area contributed by atoms with Crippen LogP contribution in [0.25, 0.3) is 0 Å². The first-order valence-electron chi connectivity index (χ1n) is 4.64. The van der Waals surface area contributed by atoms with Crippen LogP contribution in [-0.4, -0.2) is 19.0 Å². The van der Waals surface area contributed by atoms with Crippen LogP contribution >= 0.6 is 0 Å². The van der Waals surface area contributed by atoms with Crippen LogP contribution in [0.3, 0.4) is 0 Å². The molecule has 0 rings (SSSR count). The van der Waals surface area contributed by atoms with Gasteiger partial charge in [-0.05, 0) is 19.4 Å². The molecule has 0 aliphatic heterocycles. The van der Waals surface area contributed by atoms with Crippen LogP contribution in [0.4, 0.5) is 0 Å². The molecule has 4 nitrogen and oxygen atoms in total. The zero-order valence-corrected chi connectivity index (χ0v) is 7.83. The molecular weight excluding hydrogens is 170 g/mol. The lowest BCUT2D eigenvalue weighted by Gasteiger charge is -1.98. The molecule has 0 spiro atoms. The first-order valence-corrected chi connectivity index (χ1v) is 4.64. The SMILES string of the molecule is NCCCCCCCC(=O)OC=O. The second-order valence-corrected chi connectivity index (χ2v) is 2.89. The van der Waals surface area contributed by atoms with E-state index in [-0.39, 0.29) is 6.47 Å². The zero-order chi connectivity index (χ0) is 9.94. The van der Waals surface area contributed by atoms with Crippen LogP contribution in [-0.2, 0) is 14.3 Å². The smallest absolute Gasteiger partial charge is 0.313 e. The van der Waals surface area contributed by atoms with E-state index >= 15 is 0 Å². The third kappa shape index (κ3) is 9.01. The highest BCUT2D eigenvalue weighted by atomic mass is 16.6. The standard InChI is InChI=1S/C9H17NO3/c10-7-5-3-1-2-4-6-9(12)13-8-11/h8H,1-7,10H2. The van der Waals surface area contributed by atoms with Crippen LogP contribution in [0.5, 0.6) is 0 Å². The number of unbranched alkanes of at least 4 members (excludes halogenated alkanes) is 4. The summed E-state index contributed by atoms with van der Waals surface area (Å²) in [5, 5.41) is 0. The zero-order valence-electron chi connectivity index (χ0n) is 7.83. The third-order valence-electron chi connectivity index (χ3n) is 1.76. The largest absolute Gasteiger partial charge is 0.395 e. The van der Waals surface area contributed by atoms with Crippen LogP contribution in [0, 0.1) is 0 Å². The Morgan fingerprint density at radius 2 is 1.77 bits per heavy atom. The molecule has 76 valence electrons. The van der Waals surface area contributed by atoms with Gasteiger partial charge in [-0.25, -0.2) is 0 Å². The fourth-order valence-corrected chi connectivity index (χ4v) is 1.06. The van der Waals surface area contributed by atoms with Gasteiger partial charge in [-0.3, -0.25) is 9.59 Å². The molecule has 0 bridgehead atoms. The van der Waals surface area contributed by atoms with Gasteiger partial charge in [-0.15, -0.1) is 0 Å². The lowest BCUT2D eigenvalue weighted by molar-refractivity contribution is -0.151. The van der Waals surface area contributed by atoms with E-state index in [0.29, 0.717) is 6.42 Å². The summed E-state index contributed by atoms with van der Waals surface area (Å²) < 4.78 is 4.13. The van der Waals surface area contributed by atoms with Crippen molar-refractivity contribution in [2.24, 2.45) is 5.73 Å². The summed E-state index contributed by atoms with van der Waals surface area (Å²) >= 11 is 0. The molecule has 0 aliphatic rings. The van der Waals surface area contributed by atoms with Crippen molar-refractivity contribution < 1.29 is 14.3 Å². The van der Waals surface area contributed by atoms with Gasteiger partial charge in [0.05, 0.1) is 0 Å². The minimum atomic E-state index is -0.436. The molecule has 0 aromatic carbocycles. The second kappa shape index (κ2) is 9.19. The van der Waals surface area contributed by atoms with Gasteiger partial charge in [0, 0.05) is 6.42 Å². The Hall–Kier alpha value is -0.900. The number of rotatable bonds is 8. The normalized spacial score (nSPS) is 9.62. The van der Waals surface area contributed by atoms with E-state index in [4.69, 9.17) is 5.73 Å². The maximum Gasteiger partial charge on any atom is 0.313 e. The Kier molecular flexibility index (Phi) is 8.55. The van der Waals surface area contributed by atoms with Crippen LogP contribution < -0.4 is 5.73 Å². The van der Waals surface area contributed by atoms with Gasteiger partial charge in [0.15, 0.2) is 0 Å². The molecule has 0 saturated carbocycles. The first-order chi connectivity index (χ1) is 6.31. The molecule has 4 heteroatoms. The highest BCUT2D eigenvalue weighted by Crippen LogP contribution is 2.05. The quantitative estimate of drug-likeness (QED) is 0.266. The number of nitrogens with two attached hydrogens (primary N) is 1. The second-order valence-electron chi connectivity index (χ2n) is 2.89. The molecule has 0 fully saturated rings. The summed E-state index contributed by atoms with van der Waals surface area (Å²) in [7, 11) is 0. The minimum absolute atomic E-state index is 0.177. The highest BCUT2D eigenvalue weighted by Gasteiger charge is 2.00. The fraction of sp³-hybridized carbons (Fsp3) is 0.778. The van der Waals surface area contributed by atoms with Gasteiger partial charge in [-0.2, -0.15) is 0 Å². The van der Waals surface area contributed by atoms with E-state index in [2.05, 4.69) is 4.74 Å². The number of carbonyl (C=O) groups excluding carboxylic acids is 2. The Balaban J connectivity index is 3.06. The highest BCUT2D eigenvalue weighted by molar-refractivity contribution is 5.76. The Morgan fingerprint density at radius 3 is 2.38 bits per heavy atom. The Bertz CT molecular complexity index is 148. The third-order valence-corrected chi connectivity index (χ3v) is 1.76. The Labute approximate surface area is 78.4 Å². The van der Waals surface area contributed by atoms with Gasteiger partial charge < -0.3 is 10.5 Å².